The van der Waals surface area contributed by atoms with Crippen LogP contribution in [0.15, 0.2) is 59.3 Å². The van der Waals surface area contributed by atoms with E-state index >= 15 is 0 Å². The van der Waals surface area contributed by atoms with E-state index in [0.29, 0.717) is 28.5 Å². The summed E-state index contributed by atoms with van der Waals surface area (Å²) in [4.78, 5) is 25.9. The van der Waals surface area contributed by atoms with Gasteiger partial charge in [0.1, 0.15) is 16.9 Å². The number of anilines is 1. The summed E-state index contributed by atoms with van der Waals surface area (Å²) in [5.74, 6) is -0.0103. The number of benzene rings is 2. The van der Waals surface area contributed by atoms with Crippen LogP contribution in [0.1, 0.15) is 15.9 Å². The lowest BCUT2D eigenvalue weighted by Gasteiger charge is -2.07. The summed E-state index contributed by atoms with van der Waals surface area (Å²) in [6.07, 6.45) is 1.71. The van der Waals surface area contributed by atoms with Crippen molar-refractivity contribution in [3.63, 3.8) is 0 Å². The van der Waals surface area contributed by atoms with Gasteiger partial charge in [-0.3, -0.25) is 4.79 Å². The number of aromatic nitrogens is 4. The molecular weight excluding hydrogens is 411 g/mol. The molecule has 0 saturated carbocycles. The molecule has 0 saturated heterocycles. The second kappa shape index (κ2) is 7.77. The van der Waals surface area contributed by atoms with E-state index in [1.54, 1.807) is 25.5 Å². The minimum atomic E-state index is -0.555. The number of imidazole rings is 1. The standard InChI is InChI=1S/C23H19FN6O2/c1-25-20-17-19(30(2)12-27-17)18-23(29-20)32-22(28-18)14-7-5-6-13(10-14)11-26-21(31)15-8-3-4-9-16(15)24/h3-10,12H,11H2,1-2H3,(H,25,29)(H,26,31). The third-order valence-corrected chi connectivity index (χ3v) is 5.19. The zero-order chi connectivity index (χ0) is 22.2. The van der Waals surface area contributed by atoms with Gasteiger partial charge in [0.05, 0.1) is 11.9 Å². The van der Waals surface area contributed by atoms with Crippen LogP contribution in [0, 0.1) is 5.82 Å². The van der Waals surface area contributed by atoms with Crippen LogP contribution in [0.5, 0.6) is 0 Å². The average Bonchev–Trinajstić information content (AvgIpc) is 3.41. The molecule has 0 aliphatic carbocycles. The van der Waals surface area contributed by atoms with Crippen molar-refractivity contribution < 1.29 is 13.6 Å². The van der Waals surface area contributed by atoms with Crippen LogP contribution in [-0.4, -0.2) is 32.5 Å². The fourth-order valence-electron chi connectivity index (χ4n) is 3.61. The SMILES string of the molecule is CNc1nc2oc(-c3cccc(CNC(=O)c4ccccc4F)c3)nc2c2c1ncn2C. The molecule has 0 radical (unpaired) electrons. The summed E-state index contributed by atoms with van der Waals surface area (Å²) in [6, 6.07) is 13.3. The Labute approximate surface area is 182 Å². The Morgan fingerprint density at radius 2 is 1.97 bits per heavy atom. The maximum atomic E-state index is 13.8. The summed E-state index contributed by atoms with van der Waals surface area (Å²) in [5.41, 5.74) is 4.13. The van der Waals surface area contributed by atoms with E-state index in [0.717, 1.165) is 16.6 Å². The number of nitrogens with zero attached hydrogens (tertiary/aromatic N) is 4. The number of nitrogens with one attached hydrogen (secondary N) is 2. The molecular formula is C23H19FN6O2. The molecule has 0 unspecified atom stereocenters. The molecule has 5 aromatic rings. The van der Waals surface area contributed by atoms with Gasteiger partial charge in [0.25, 0.3) is 11.6 Å². The second-order valence-corrected chi connectivity index (χ2v) is 7.30. The highest BCUT2D eigenvalue weighted by atomic mass is 19.1. The molecule has 1 amide bonds. The molecule has 0 fully saturated rings. The lowest BCUT2D eigenvalue weighted by molar-refractivity contribution is 0.0947. The van der Waals surface area contributed by atoms with Crippen molar-refractivity contribution in [1.82, 2.24) is 24.8 Å². The van der Waals surface area contributed by atoms with Crippen molar-refractivity contribution in [2.24, 2.45) is 7.05 Å². The van der Waals surface area contributed by atoms with E-state index < -0.39 is 11.7 Å². The first kappa shape index (κ1) is 19.7. The number of aryl methyl sites for hydroxylation is 1. The Morgan fingerprint density at radius 1 is 1.12 bits per heavy atom. The van der Waals surface area contributed by atoms with E-state index in [2.05, 4.69) is 25.6 Å². The van der Waals surface area contributed by atoms with Crippen LogP contribution >= 0.6 is 0 Å². The molecule has 2 aromatic carbocycles. The van der Waals surface area contributed by atoms with Gasteiger partial charge < -0.3 is 19.6 Å². The summed E-state index contributed by atoms with van der Waals surface area (Å²) in [5, 5.41) is 5.78. The first-order valence-corrected chi connectivity index (χ1v) is 9.96. The smallest absolute Gasteiger partial charge is 0.254 e. The van der Waals surface area contributed by atoms with Crippen LogP contribution in [0.4, 0.5) is 10.2 Å². The Kier molecular flexibility index (Phi) is 4.78. The molecule has 2 N–H and O–H groups in total. The Morgan fingerprint density at radius 3 is 2.78 bits per heavy atom. The Hall–Kier alpha value is -4.27. The third-order valence-electron chi connectivity index (χ3n) is 5.19. The molecule has 3 heterocycles. The van der Waals surface area contributed by atoms with Crippen molar-refractivity contribution in [2.45, 2.75) is 6.54 Å². The van der Waals surface area contributed by atoms with Crippen molar-refractivity contribution in [1.29, 1.82) is 0 Å². The van der Waals surface area contributed by atoms with Gasteiger partial charge in [0.15, 0.2) is 11.3 Å². The summed E-state index contributed by atoms with van der Waals surface area (Å²) < 4.78 is 21.7. The number of oxazole rings is 1. The maximum absolute atomic E-state index is 13.8. The van der Waals surface area contributed by atoms with Gasteiger partial charge in [-0.05, 0) is 29.8 Å². The Balaban J connectivity index is 1.45. The highest BCUT2D eigenvalue weighted by molar-refractivity contribution is 6.03. The highest BCUT2D eigenvalue weighted by Gasteiger charge is 2.18. The number of amides is 1. The maximum Gasteiger partial charge on any atom is 0.254 e. The summed E-state index contributed by atoms with van der Waals surface area (Å²) >= 11 is 0. The van der Waals surface area contributed by atoms with Gasteiger partial charge in [0.2, 0.25) is 5.89 Å². The molecule has 0 atom stereocenters. The molecule has 0 aliphatic heterocycles. The highest BCUT2D eigenvalue weighted by Crippen LogP contribution is 2.31. The topological polar surface area (TPSA) is 97.9 Å². The molecule has 8 nitrogen and oxygen atoms in total. The number of carbonyl (C=O) groups excluding carboxylic acids is 1. The molecule has 0 spiro atoms. The van der Waals surface area contributed by atoms with Gasteiger partial charge >= 0.3 is 0 Å². The quantitative estimate of drug-likeness (QED) is 0.439. The summed E-state index contributed by atoms with van der Waals surface area (Å²) in [7, 11) is 3.67. The van der Waals surface area contributed by atoms with E-state index in [-0.39, 0.29) is 12.1 Å². The van der Waals surface area contributed by atoms with Crippen molar-refractivity contribution in [2.75, 3.05) is 12.4 Å². The van der Waals surface area contributed by atoms with Gasteiger partial charge in [-0.25, -0.2) is 14.4 Å². The lowest BCUT2D eigenvalue weighted by Crippen LogP contribution is -2.23. The first-order valence-electron chi connectivity index (χ1n) is 9.96. The van der Waals surface area contributed by atoms with Crippen molar-refractivity contribution in [3.8, 4) is 11.5 Å². The number of carbonyl (C=O) groups is 1. The summed E-state index contributed by atoms with van der Waals surface area (Å²) in [6.45, 7) is 0.232. The van der Waals surface area contributed by atoms with Crippen LogP contribution in [0.3, 0.4) is 0 Å². The number of hydrogen-bond donors (Lipinski definition) is 2. The van der Waals surface area contributed by atoms with E-state index in [1.165, 1.54) is 12.1 Å². The Bertz CT molecular complexity index is 1470. The predicted octanol–water partition coefficient (Wildman–Crippen LogP) is 3.89. The number of pyridine rings is 1. The van der Waals surface area contributed by atoms with Crippen LogP contribution in [0.25, 0.3) is 33.7 Å². The third kappa shape index (κ3) is 3.33. The molecule has 9 heteroatoms. The molecule has 5 rings (SSSR count). The minimum Gasteiger partial charge on any atom is -0.418 e. The average molecular weight is 430 g/mol. The molecule has 32 heavy (non-hydrogen) atoms. The second-order valence-electron chi connectivity index (χ2n) is 7.30. The van der Waals surface area contributed by atoms with E-state index in [1.807, 2.05) is 35.9 Å². The van der Waals surface area contributed by atoms with Crippen LogP contribution in [-0.2, 0) is 13.6 Å². The monoisotopic (exact) mass is 430 g/mol. The van der Waals surface area contributed by atoms with Gasteiger partial charge in [-0.2, -0.15) is 4.98 Å². The van der Waals surface area contributed by atoms with Gasteiger partial charge in [0, 0.05) is 26.2 Å². The van der Waals surface area contributed by atoms with Crippen LogP contribution < -0.4 is 10.6 Å². The molecule has 0 bridgehead atoms. The van der Waals surface area contributed by atoms with E-state index in [9.17, 15) is 9.18 Å². The first-order chi connectivity index (χ1) is 15.5. The minimum absolute atomic E-state index is 0.00853. The van der Waals surface area contributed by atoms with E-state index in [4.69, 9.17) is 4.42 Å². The largest absolute Gasteiger partial charge is 0.418 e. The van der Waals surface area contributed by atoms with Crippen LogP contribution in [0.2, 0.25) is 0 Å². The fourth-order valence-corrected chi connectivity index (χ4v) is 3.61. The zero-order valence-corrected chi connectivity index (χ0v) is 17.4. The number of fused-ring (bicyclic) bond motifs is 3. The zero-order valence-electron chi connectivity index (χ0n) is 17.4. The fraction of sp³-hybridized carbons (Fsp3) is 0.130. The lowest BCUT2D eigenvalue weighted by atomic mass is 10.1. The number of rotatable bonds is 5. The molecule has 0 aliphatic rings. The van der Waals surface area contributed by atoms with Crippen molar-refractivity contribution >= 4 is 34.0 Å². The molecule has 160 valence electrons. The predicted molar refractivity (Wildman–Crippen MR) is 119 cm³/mol. The van der Waals surface area contributed by atoms with Crippen molar-refractivity contribution in [3.05, 3.63) is 71.8 Å². The van der Waals surface area contributed by atoms with Gasteiger partial charge in [-0.1, -0.05) is 24.3 Å². The number of halogens is 1. The molecule has 3 aromatic heterocycles. The number of hydrogen-bond acceptors (Lipinski definition) is 6. The van der Waals surface area contributed by atoms with Gasteiger partial charge in [-0.15, -0.1) is 0 Å². The normalized spacial score (nSPS) is 11.2.